The third kappa shape index (κ3) is 6.39. The molecule has 0 spiro atoms. The average Bonchev–Trinajstić information content (AvgIpc) is 3.84. The zero-order chi connectivity index (χ0) is 41.8. The molecule has 3 aromatic heterocycles. The number of para-hydroxylation sites is 2. The molecule has 0 atom stereocenters. The maximum absolute atomic E-state index is 6.96. The summed E-state index contributed by atoms with van der Waals surface area (Å²) in [5.41, 5.74) is 14.6. The summed E-state index contributed by atoms with van der Waals surface area (Å²) in [5, 5.41) is 2.25. The largest absolute Gasteiger partial charge is 0.510 e. The van der Waals surface area contributed by atoms with Gasteiger partial charge in [-0.15, -0.1) is 40.8 Å². The van der Waals surface area contributed by atoms with Gasteiger partial charge in [0.25, 0.3) is 6.33 Å². The van der Waals surface area contributed by atoms with E-state index in [1.807, 2.05) is 12.3 Å². The zero-order valence-corrected chi connectivity index (χ0v) is 38.5. The third-order valence-electron chi connectivity index (χ3n) is 13.2. The predicted molar refractivity (Wildman–Crippen MR) is 246 cm³/mol. The van der Waals surface area contributed by atoms with E-state index in [1.54, 1.807) is 0 Å². The van der Waals surface area contributed by atoms with E-state index in [0.717, 1.165) is 63.1 Å². The minimum atomic E-state index is -0.112. The summed E-state index contributed by atoms with van der Waals surface area (Å²) in [5.74, 6) is 2.14. The maximum atomic E-state index is 6.96. The molecule has 6 aromatic carbocycles. The number of imidazole rings is 1. The smallest absolute Gasteiger partial charge is 0.267 e. The molecule has 0 amide bonds. The van der Waals surface area contributed by atoms with Crippen LogP contribution >= 0.6 is 0 Å². The summed E-state index contributed by atoms with van der Waals surface area (Å²) < 4.78 is 13.6. The summed E-state index contributed by atoms with van der Waals surface area (Å²) in [4.78, 5) is 4.90. The molecule has 4 heterocycles. The summed E-state index contributed by atoms with van der Waals surface area (Å²) in [7, 11) is 0. The Morgan fingerprint density at radius 3 is 2.06 bits per heavy atom. The molecule has 9 aromatic rings. The molecule has 0 radical (unpaired) electrons. The Labute approximate surface area is 378 Å². The van der Waals surface area contributed by atoms with E-state index < -0.39 is 0 Å². The molecule has 0 bridgehead atoms. The number of pyridine rings is 1. The first kappa shape index (κ1) is 40.1. The fraction of sp³-hybridized carbons (Fsp3) is 0.214. The molecule has 11 rings (SSSR count). The van der Waals surface area contributed by atoms with Crippen molar-refractivity contribution in [3.05, 3.63) is 175 Å². The standard InChI is InChI=1S/C56H48N4O.Pt/c1-54(2,3)36-26-29-57-52(30-36)60-48-23-15-13-21-44(48)45-25-24-37(32-49(45)60)61-38-31-46-53(56(6,7)28-27-55(46,4)5)50(33-38)58-34-51-43-20-11-10-18-41(43)39-16-8-9-17-40(39)42-19-12-14-22-47(42)59(51)35-58;/h8-26,29-31,34H,27-28H2,1-7H3;/q-2;. The molecule has 1 aliphatic heterocycles. The quantitative estimate of drug-likeness (QED) is 0.130. The van der Waals surface area contributed by atoms with Gasteiger partial charge in [-0.25, -0.2) is 4.98 Å². The molecule has 5 nitrogen and oxygen atoms in total. The van der Waals surface area contributed by atoms with E-state index >= 15 is 0 Å². The summed E-state index contributed by atoms with van der Waals surface area (Å²) >= 11 is 0. The molecular formula is C56H48N4OPt-2. The second-order valence-electron chi connectivity index (χ2n) is 19.2. The maximum Gasteiger partial charge on any atom is 0.267 e. The molecule has 0 fully saturated rings. The van der Waals surface area contributed by atoms with E-state index in [1.165, 1.54) is 38.9 Å². The Bertz CT molecular complexity index is 3150. The van der Waals surface area contributed by atoms with Gasteiger partial charge >= 0.3 is 0 Å². The van der Waals surface area contributed by atoms with Gasteiger partial charge in [-0.05, 0) is 86.0 Å². The predicted octanol–water partition coefficient (Wildman–Crippen LogP) is 13.4. The molecule has 62 heavy (non-hydrogen) atoms. The molecule has 2 aliphatic rings. The molecule has 6 heteroatoms. The minimum Gasteiger partial charge on any atom is -0.510 e. The molecule has 0 saturated heterocycles. The number of nitrogens with zero attached hydrogens (tertiary/aromatic N) is 4. The van der Waals surface area contributed by atoms with Crippen LogP contribution in [-0.2, 0) is 37.3 Å². The number of rotatable bonds is 4. The first-order chi connectivity index (χ1) is 29.4. The van der Waals surface area contributed by atoms with Gasteiger partial charge in [0.1, 0.15) is 5.82 Å². The average molecular weight is 988 g/mol. The van der Waals surface area contributed by atoms with Crippen molar-refractivity contribution in [3.8, 4) is 62.2 Å². The fourth-order valence-electron chi connectivity index (χ4n) is 9.83. The monoisotopic (exact) mass is 987 g/mol. The second-order valence-corrected chi connectivity index (χ2v) is 19.2. The van der Waals surface area contributed by atoms with Crippen LogP contribution in [0.1, 0.15) is 78.0 Å². The Balaban J connectivity index is 0.00000458. The Kier molecular flexibility index (Phi) is 9.39. The van der Waals surface area contributed by atoms with E-state index in [-0.39, 0.29) is 37.3 Å². The van der Waals surface area contributed by atoms with Gasteiger partial charge in [0.2, 0.25) is 0 Å². The number of fused-ring (bicyclic) bond motifs is 12. The van der Waals surface area contributed by atoms with Crippen LogP contribution < -0.4 is 9.30 Å². The second kappa shape index (κ2) is 14.5. The number of ether oxygens (including phenoxy) is 1. The van der Waals surface area contributed by atoms with Crippen molar-refractivity contribution in [2.45, 2.75) is 77.6 Å². The first-order valence-corrected chi connectivity index (χ1v) is 21.4. The van der Waals surface area contributed by atoms with Crippen LogP contribution in [0.3, 0.4) is 0 Å². The topological polar surface area (TPSA) is 35.9 Å². The Hall–Kier alpha value is -6.03. The van der Waals surface area contributed by atoms with Crippen molar-refractivity contribution in [3.63, 3.8) is 0 Å². The SMILES string of the molecule is CC(C)(C)c1ccnc(-n2c3[c-]c(Oc4[c-]c(-n5[c-][n+]6c(c5)-c5ccccc5-c5ccccc5-c5ccccc5-6)c5c(c4)C(C)(C)CCC5(C)C)ccc3c3ccccc32)c1.[Pt]. The van der Waals surface area contributed by atoms with Crippen LogP contribution in [0, 0.1) is 18.5 Å². The Morgan fingerprint density at radius 1 is 0.661 bits per heavy atom. The van der Waals surface area contributed by atoms with Crippen LogP contribution in [0.2, 0.25) is 0 Å². The number of aromatic nitrogens is 4. The fourth-order valence-corrected chi connectivity index (χ4v) is 9.83. The normalized spacial score (nSPS) is 14.7. The summed E-state index contributed by atoms with van der Waals surface area (Å²) in [6, 6.07) is 53.0. The molecule has 0 saturated carbocycles. The van der Waals surface area contributed by atoms with Crippen LogP contribution in [0.15, 0.2) is 140 Å². The molecule has 310 valence electrons. The van der Waals surface area contributed by atoms with Crippen LogP contribution in [-0.4, -0.2) is 14.1 Å². The summed E-state index contributed by atoms with van der Waals surface area (Å²) in [6.45, 7) is 16.2. The third-order valence-corrected chi connectivity index (χ3v) is 13.2. The summed E-state index contributed by atoms with van der Waals surface area (Å²) in [6.07, 6.45) is 10.1. The number of hydrogen-bond acceptors (Lipinski definition) is 2. The van der Waals surface area contributed by atoms with Gasteiger partial charge in [-0.1, -0.05) is 151 Å². The van der Waals surface area contributed by atoms with Crippen molar-refractivity contribution in [2.24, 2.45) is 0 Å². The van der Waals surface area contributed by atoms with Crippen LogP contribution in [0.4, 0.5) is 0 Å². The zero-order valence-electron chi connectivity index (χ0n) is 36.2. The molecular weight excluding hydrogens is 940 g/mol. The van der Waals surface area contributed by atoms with Gasteiger partial charge < -0.3 is 13.9 Å². The molecule has 0 unspecified atom stereocenters. The molecule has 0 N–H and O–H groups in total. The number of benzene rings is 6. The van der Waals surface area contributed by atoms with E-state index in [2.05, 4.69) is 208 Å². The van der Waals surface area contributed by atoms with Crippen molar-refractivity contribution in [1.29, 1.82) is 0 Å². The van der Waals surface area contributed by atoms with E-state index in [9.17, 15) is 0 Å². The molecule has 1 aliphatic carbocycles. The van der Waals surface area contributed by atoms with Crippen molar-refractivity contribution in [2.75, 3.05) is 0 Å². The minimum absolute atomic E-state index is 0. The number of hydrogen-bond donors (Lipinski definition) is 0. The van der Waals surface area contributed by atoms with Crippen molar-refractivity contribution < 1.29 is 30.4 Å². The van der Waals surface area contributed by atoms with Gasteiger partial charge in [0.05, 0.1) is 11.4 Å². The first-order valence-electron chi connectivity index (χ1n) is 21.4. The van der Waals surface area contributed by atoms with Gasteiger partial charge in [0.15, 0.2) is 0 Å². The van der Waals surface area contributed by atoms with Crippen LogP contribution in [0.25, 0.3) is 72.5 Å². The van der Waals surface area contributed by atoms with E-state index in [4.69, 9.17) is 9.72 Å². The van der Waals surface area contributed by atoms with Crippen molar-refractivity contribution >= 4 is 21.8 Å². The van der Waals surface area contributed by atoms with Crippen molar-refractivity contribution in [1.82, 2.24) is 14.1 Å². The van der Waals surface area contributed by atoms with E-state index in [0.29, 0.717) is 11.5 Å². The van der Waals surface area contributed by atoms with Gasteiger partial charge in [-0.3, -0.25) is 4.57 Å². The Morgan fingerprint density at radius 2 is 1.31 bits per heavy atom. The van der Waals surface area contributed by atoms with Gasteiger partial charge in [0, 0.05) is 50.5 Å². The van der Waals surface area contributed by atoms with Crippen LogP contribution in [0.5, 0.6) is 11.5 Å². The van der Waals surface area contributed by atoms with Gasteiger partial charge in [-0.2, -0.15) is 6.07 Å².